The lowest BCUT2D eigenvalue weighted by atomic mass is 10.0. The second kappa shape index (κ2) is 71.5. The van der Waals surface area contributed by atoms with Gasteiger partial charge in [0.05, 0.1) is 27.7 Å². The molecular formula is C80H155NO8P+. The van der Waals surface area contributed by atoms with E-state index in [0.717, 1.165) is 51.4 Å². The number of carbonyl (C=O) groups is 2. The van der Waals surface area contributed by atoms with E-state index in [1.54, 1.807) is 0 Å². The van der Waals surface area contributed by atoms with E-state index in [4.69, 9.17) is 18.5 Å². The number of hydrogen-bond donors (Lipinski definition) is 1. The van der Waals surface area contributed by atoms with Gasteiger partial charge in [-0.3, -0.25) is 18.6 Å². The molecule has 2 unspecified atom stereocenters. The van der Waals surface area contributed by atoms with Crippen LogP contribution in [-0.2, 0) is 32.7 Å². The number of quaternary nitrogens is 1. The SMILES string of the molecule is CCCCCCC/C=C\C/C=C\C/C=C\CCCCCCCCCCCCCCCCCCCCCCCCCCCCC(=O)OC(COC(=O)CCCCCCCCCCCCCCCCCCCCCCCCCCC)COP(=O)(O)OCC[N+](C)(C)C. The summed E-state index contributed by atoms with van der Waals surface area (Å²) < 4.78 is 34.8. The highest BCUT2D eigenvalue weighted by Gasteiger charge is 2.27. The van der Waals surface area contributed by atoms with Crippen LogP contribution >= 0.6 is 7.82 Å². The minimum Gasteiger partial charge on any atom is -0.462 e. The molecule has 532 valence electrons. The highest BCUT2D eigenvalue weighted by Crippen LogP contribution is 2.43. The summed E-state index contributed by atoms with van der Waals surface area (Å²) in [5.41, 5.74) is 0. The first-order chi connectivity index (χ1) is 44.0. The number of phosphoric ester groups is 1. The molecule has 0 fully saturated rings. The van der Waals surface area contributed by atoms with Crippen molar-refractivity contribution in [3.63, 3.8) is 0 Å². The Morgan fingerprint density at radius 1 is 0.344 bits per heavy atom. The molecule has 0 aromatic carbocycles. The average molecular weight is 1290 g/mol. The van der Waals surface area contributed by atoms with Gasteiger partial charge in [-0.1, -0.05) is 384 Å². The Bertz CT molecular complexity index is 1610. The van der Waals surface area contributed by atoms with E-state index in [1.165, 1.54) is 334 Å². The number of allylic oxidation sites excluding steroid dienone is 6. The lowest BCUT2D eigenvalue weighted by Crippen LogP contribution is -2.37. The Morgan fingerprint density at radius 3 is 0.889 bits per heavy atom. The first-order valence-corrected chi connectivity index (χ1v) is 41.2. The van der Waals surface area contributed by atoms with E-state index < -0.39 is 26.5 Å². The van der Waals surface area contributed by atoms with Gasteiger partial charge in [-0.25, -0.2) is 4.57 Å². The minimum atomic E-state index is -4.39. The normalized spacial score (nSPS) is 13.2. The number of esters is 2. The molecule has 10 heteroatoms. The van der Waals surface area contributed by atoms with Crippen molar-refractivity contribution in [1.29, 1.82) is 0 Å². The zero-order chi connectivity index (χ0) is 65.5. The maximum atomic E-state index is 12.9. The van der Waals surface area contributed by atoms with Gasteiger partial charge in [0.25, 0.3) is 0 Å². The standard InChI is InChI=1S/C80H154NO8P/c1-6-8-10-12-14-16-18-20-22-24-26-28-30-32-33-34-35-36-37-38-39-40-41-42-43-44-45-46-47-49-51-53-55-57-59-61-63-65-67-69-71-73-80(83)89-78(77-88-90(84,85)87-75-74-81(3,4)5)76-86-79(82)72-70-68-66-64-62-60-58-56-54-52-50-48-31-29-27-25-23-21-19-17-15-13-11-9-7-2/h18,20,24,26,30,32,78H,6-17,19,21-23,25,27-29,31,33-77H2,1-5H3/p+1/b20-18-,26-24-,32-30-. The fraction of sp³-hybridized carbons (Fsp3) is 0.900. The molecule has 0 spiro atoms. The van der Waals surface area contributed by atoms with E-state index >= 15 is 0 Å². The van der Waals surface area contributed by atoms with Gasteiger partial charge in [0.2, 0.25) is 0 Å². The highest BCUT2D eigenvalue weighted by atomic mass is 31.2. The number of likely N-dealkylation sites (N-methyl/N-ethyl adjacent to an activating group) is 1. The molecule has 0 aromatic heterocycles. The lowest BCUT2D eigenvalue weighted by Gasteiger charge is -2.24. The molecule has 0 aliphatic rings. The fourth-order valence-corrected chi connectivity index (χ4v) is 12.8. The summed E-state index contributed by atoms with van der Waals surface area (Å²) in [6.45, 7) is 4.51. The first-order valence-electron chi connectivity index (χ1n) is 39.7. The summed E-state index contributed by atoms with van der Waals surface area (Å²) in [6.07, 6.45) is 93.0. The number of carbonyl (C=O) groups excluding carboxylic acids is 2. The van der Waals surface area contributed by atoms with E-state index in [2.05, 4.69) is 50.3 Å². The summed E-state index contributed by atoms with van der Waals surface area (Å²) in [4.78, 5) is 35.9. The molecule has 0 bridgehead atoms. The van der Waals surface area contributed by atoms with Crippen LogP contribution in [0.5, 0.6) is 0 Å². The molecular weight excluding hydrogens is 1130 g/mol. The summed E-state index contributed by atoms with van der Waals surface area (Å²) >= 11 is 0. The number of rotatable bonds is 75. The van der Waals surface area contributed by atoms with Crippen LogP contribution < -0.4 is 0 Å². The van der Waals surface area contributed by atoms with Gasteiger partial charge >= 0.3 is 19.8 Å². The molecule has 0 aliphatic carbocycles. The largest absolute Gasteiger partial charge is 0.472 e. The van der Waals surface area contributed by atoms with Crippen LogP contribution in [0, 0.1) is 0 Å². The van der Waals surface area contributed by atoms with Crippen molar-refractivity contribution in [3.05, 3.63) is 36.5 Å². The van der Waals surface area contributed by atoms with Gasteiger partial charge in [0.1, 0.15) is 19.8 Å². The number of hydrogen-bond acceptors (Lipinski definition) is 7. The van der Waals surface area contributed by atoms with Crippen molar-refractivity contribution in [3.8, 4) is 0 Å². The highest BCUT2D eigenvalue weighted by molar-refractivity contribution is 7.47. The Labute approximate surface area is 561 Å². The van der Waals surface area contributed by atoms with Crippen molar-refractivity contribution in [2.45, 2.75) is 418 Å². The van der Waals surface area contributed by atoms with E-state index in [9.17, 15) is 19.0 Å². The third kappa shape index (κ3) is 75.3. The van der Waals surface area contributed by atoms with E-state index in [-0.39, 0.29) is 25.6 Å². The van der Waals surface area contributed by atoms with Crippen molar-refractivity contribution in [2.75, 3.05) is 47.5 Å². The monoisotopic (exact) mass is 1290 g/mol. The average Bonchev–Trinajstić information content (AvgIpc) is 3.62. The van der Waals surface area contributed by atoms with Crippen LogP contribution in [-0.4, -0.2) is 74.9 Å². The van der Waals surface area contributed by atoms with Crippen LogP contribution in [0.3, 0.4) is 0 Å². The fourth-order valence-electron chi connectivity index (χ4n) is 12.1. The first kappa shape index (κ1) is 88.2. The van der Waals surface area contributed by atoms with Crippen molar-refractivity contribution >= 4 is 19.8 Å². The molecule has 0 aliphatic heterocycles. The molecule has 90 heavy (non-hydrogen) atoms. The molecule has 1 N–H and O–H groups in total. The zero-order valence-electron chi connectivity index (χ0n) is 60.9. The quantitative estimate of drug-likeness (QED) is 0.0211. The van der Waals surface area contributed by atoms with Crippen LogP contribution in [0.2, 0.25) is 0 Å². The smallest absolute Gasteiger partial charge is 0.462 e. The Hall–Kier alpha value is -1.77. The molecule has 0 heterocycles. The van der Waals surface area contributed by atoms with Crippen LogP contribution in [0.15, 0.2) is 36.5 Å². The summed E-state index contributed by atoms with van der Waals surface area (Å²) in [5.74, 6) is -0.769. The number of unbranched alkanes of at least 4 members (excludes halogenated alkanes) is 55. The van der Waals surface area contributed by atoms with Crippen LogP contribution in [0.4, 0.5) is 0 Å². The maximum Gasteiger partial charge on any atom is 0.472 e. The van der Waals surface area contributed by atoms with Crippen molar-refractivity contribution in [1.82, 2.24) is 0 Å². The van der Waals surface area contributed by atoms with Crippen LogP contribution in [0.25, 0.3) is 0 Å². The molecule has 0 saturated heterocycles. The number of nitrogens with zero attached hydrogens (tertiary/aromatic N) is 1. The molecule has 0 amide bonds. The van der Waals surface area contributed by atoms with Crippen molar-refractivity contribution < 1.29 is 42.1 Å². The maximum absolute atomic E-state index is 12.9. The zero-order valence-corrected chi connectivity index (χ0v) is 61.8. The minimum absolute atomic E-state index is 0.0360. The second-order valence-electron chi connectivity index (χ2n) is 28.5. The molecule has 0 aromatic rings. The Balaban J connectivity index is 3.88. The summed E-state index contributed by atoms with van der Waals surface area (Å²) in [7, 11) is 1.50. The van der Waals surface area contributed by atoms with Gasteiger partial charge in [0.15, 0.2) is 6.10 Å². The Kier molecular flexibility index (Phi) is 70.1. The topological polar surface area (TPSA) is 108 Å². The van der Waals surface area contributed by atoms with Gasteiger partial charge in [-0.15, -0.1) is 0 Å². The lowest BCUT2D eigenvalue weighted by molar-refractivity contribution is -0.870. The van der Waals surface area contributed by atoms with Gasteiger partial charge in [0, 0.05) is 12.8 Å². The molecule has 0 radical (unpaired) electrons. The summed E-state index contributed by atoms with van der Waals surface area (Å²) in [6, 6.07) is 0. The molecule has 0 saturated carbocycles. The van der Waals surface area contributed by atoms with Gasteiger partial charge < -0.3 is 18.9 Å². The van der Waals surface area contributed by atoms with E-state index in [0.29, 0.717) is 17.4 Å². The molecule has 0 rings (SSSR count). The second-order valence-corrected chi connectivity index (χ2v) is 29.9. The number of phosphoric acid groups is 1. The molecule has 9 nitrogen and oxygen atoms in total. The predicted octanol–water partition coefficient (Wildman–Crippen LogP) is 26.2. The third-order valence-electron chi connectivity index (χ3n) is 18.2. The van der Waals surface area contributed by atoms with Gasteiger partial charge in [-0.05, 0) is 51.4 Å². The van der Waals surface area contributed by atoms with Gasteiger partial charge in [-0.2, -0.15) is 0 Å². The predicted molar refractivity (Wildman–Crippen MR) is 390 cm³/mol. The number of ether oxygens (including phenoxy) is 2. The Morgan fingerprint density at radius 2 is 0.600 bits per heavy atom. The summed E-state index contributed by atoms with van der Waals surface area (Å²) in [5, 5.41) is 0. The molecule has 2 atom stereocenters. The third-order valence-corrected chi connectivity index (χ3v) is 19.2. The van der Waals surface area contributed by atoms with Crippen LogP contribution in [0.1, 0.15) is 412 Å². The van der Waals surface area contributed by atoms with Crippen molar-refractivity contribution in [2.24, 2.45) is 0 Å². The van der Waals surface area contributed by atoms with E-state index in [1.807, 2.05) is 21.1 Å².